The van der Waals surface area contributed by atoms with E-state index in [0.29, 0.717) is 11.5 Å². The minimum Gasteiger partial charge on any atom is -0.463 e. The van der Waals surface area contributed by atoms with E-state index in [1.807, 2.05) is 27.7 Å². The van der Waals surface area contributed by atoms with E-state index >= 15 is 0 Å². The summed E-state index contributed by atoms with van der Waals surface area (Å²) in [7, 11) is 0. The van der Waals surface area contributed by atoms with Crippen LogP contribution in [0.5, 0.6) is 0 Å². The van der Waals surface area contributed by atoms with Crippen LogP contribution < -0.4 is 5.73 Å². The molecule has 0 aromatic rings. The number of thioether (sulfide) groups is 1. The number of carbonyl (C=O) groups is 1. The van der Waals surface area contributed by atoms with Crippen molar-refractivity contribution < 1.29 is 14.6 Å². The van der Waals surface area contributed by atoms with Gasteiger partial charge in [-0.05, 0) is 27.7 Å². The van der Waals surface area contributed by atoms with Crippen molar-refractivity contribution in [1.82, 2.24) is 0 Å². The minimum atomic E-state index is -0.525. The van der Waals surface area contributed by atoms with Crippen LogP contribution in [-0.4, -0.2) is 41.3 Å². The molecule has 5 heteroatoms. The molecule has 3 N–H and O–H groups in total. The fourth-order valence-corrected chi connectivity index (χ4v) is 2.10. The zero-order valence-corrected chi connectivity index (χ0v) is 11.3. The van der Waals surface area contributed by atoms with E-state index in [0.717, 1.165) is 0 Å². The number of hydrogen-bond acceptors (Lipinski definition) is 5. The first-order chi connectivity index (χ1) is 7.29. The van der Waals surface area contributed by atoms with Crippen LogP contribution in [0.4, 0.5) is 0 Å². The first-order valence-electron chi connectivity index (χ1n) is 5.46. The zero-order chi connectivity index (χ0) is 12.8. The number of aliphatic hydroxyl groups is 1. The molecule has 0 aromatic heterocycles. The van der Waals surface area contributed by atoms with Gasteiger partial charge in [-0.3, -0.25) is 4.79 Å². The molecule has 0 aliphatic rings. The summed E-state index contributed by atoms with van der Waals surface area (Å²) in [6.45, 7) is 7.61. The maximum atomic E-state index is 11.7. The van der Waals surface area contributed by atoms with Gasteiger partial charge in [0.15, 0.2) is 0 Å². The monoisotopic (exact) mass is 249 g/mol. The molecule has 0 spiro atoms. The first kappa shape index (κ1) is 15.7. The van der Waals surface area contributed by atoms with Crippen molar-refractivity contribution >= 4 is 17.7 Å². The molecule has 0 saturated carbocycles. The zero-order valence-electron chi connectivity index (χ0n) is 10.5. The van der Waals surface area contributed by atoms with E-state index in [-0.39, 0.29) is 18.6 Å². The third-order valence-electron chi connectivity index (χ3n) is 1.94. The number of rotatable bonds is 7. The average molecular weight is 249 g/mol. The molecule has 4 nitrogen and oxygen atoms in total. The van der Waals surface area contributed by atoms with Gasteiger partial charge < -0.3 is 15.6 Å². The van der Waals surface area contributed by atoms with Crippen LogP contribution >= 0.6 is 11.8 Å². The van der Waals surface area contributed by atoms with E-state index in [1.165, 1.54) is 11.8 Å². The highest BCUT2D eigenvalue weighted by Crippen LogP contribution is 2.24. The van der Waals surface area contributed by atoms with Gasteiger partial charge in [0.1, 0.15) is 0 Å². The molecule has 0 aromatic carbocycles. The van der Waals surface area contributed by atoms with Crippen LogP contribution in [-0.2, 0) is 9.53 Å². The van der Waals surface area contributed by atoms with E-state index in [4.69, 9.17) is 10.5 Å². The van der Waals surface area contributed by atoms with Gasteiger partial charge in [-0.25, -0.2) is 0 Å². The fourth-order valence-electron chi connectivity index (χ4n) is 0.951. The van der Waals surface area contributed by atoms with Crippen LogP contribution in [0.15, 0.2) is 0 Å². The quantitative estimate of drug-likeness (QED) is 0.659. The Hall–Kier alpha value is -0.260. The van der Waals surface area contributed by atoms with Crippen molar-refractivity contribution in [2.75, 3.05) is 18.1 Å². The predicted molar refractivity (Wildman–Crippen MR) is 67.4 cm³/mol. The Labute approximate surface area is 102 Å². The number of ether oxygens (including phenoxy) is 1. The van der Waals surface area contributed by atoms with Crippen molar-refractivity contribution in [3.05, 3.63) is 0 Å². The molecule has 1 atom stereocenters. The first-order valence-corrected chi connectivity index (χ1v) is 6.62. The second kappa shape index (κ2) is 7.14. The second-order valence-electron chi connectivity index (χ2n) is 4.74. The van der Waals surface area contributed by atoms with Crippen LogP contribution in [0.2, 0.25) is 0 Å². The molecule has 0 fully saturated rings. The molecular weight excluding hydrogens is 226 g/mol. The molecular formula is C11H23NO3S. The maximum Gasteiger partial charge on any atom is 0.312 e. The molecule has 16 heavy (non-hydrogen) atoms. The van der Waals surface area contributed by atoms with Crippen molar-refractivity contribution in [3.63, 3.8) is 0 Å². The molecule has 0 heterocycles. The van der Waals surface area contributed by atoms with Crippen LogP contribution in [0.25, 0.3) is 0 Å². The van der Waals surface area contributed by atoms with Crippen LogP contribution in [0, 0.1) is 5.41 Å². The van der Waals surface area contributed by atoms with Gasteiger partial charge in [0.25, 0.3) is 0 Å². The standard InChI is InChI=1S/C11H23NO3S/c1-8(2)15-10(14)11(3,4)7-16-6-9(13)5-12/h8-9,13H,5-7,12H2,1-4H3. The Morgan fingerprint density at radius 3 is 2.50 bits per heavy atom. The highest BCUT2D eigenvalue weighted by Gasteiger charge is 2.30. The van der Waals surface area contributed by atoms with Crippen LogP contribution in [0.1, 0.15) is 27.7 Å². The molecule has 96 valence electrons. The molecule has 0 bridgehead atoms. The lowest BCUT2D eigenvalue weighted by molar-refractivity contribution is -0.156. The van der Waals surface area contributed by atoms with Crippen molar-refractivity contribution in [2.45, 2.75) is 39.9 Å². The molecule has 0 aliphatic heterocycles. The Morgan fingerprint density at radius 2 is 2.06 bits per heavy atom. The summed E-state index contributed by atoms with van der Waals surface area (Å²) in [5, 5.41) is 9.28. The topological polar surface area (TPSA) is 72.5 Å². The predicted octanol–water partition coefficient (Wildman–Crippen LogP) is 1.02. The summed E-state index contributed by atoms with van der Waals surface area (Å²) >= 11 is 1.52. The molecule has 0 rings (SSSR count). The van der Waals surface area contributed by atoms with Gasteiger partial charge in [0.2, 0.25) is 0 Å². The smallest absolute Gasteiger partial charge is 0.312 e. The second-order valence-corrected chi connectivity index (χ2v) is 5.77. The highest BCUT2D eigenvalue weighted by molar-refractivity contribution is 7.99. The SMILES string of the molecule is CC(C)OC(=O)C(C)(C)CSCC(O)CN. The normalized spacial score (nSPS) is 13.9. The molecule has 0 amide bonds. The van der Waals surface area contributed by atoms with Crippen molar-refractivity contribution in [2.24, 2.45) is 11.1 Å². The Bertz CT molecular complexity index is 219. The van der Waals surface area contributed by atoms with E-state index in [1.54, 1.807) is 0 Å². The molecule has 0 aliphatic carbocycles. The van der Waals surface area contributed by atoms with Crippen LogP contribution in [0.3, 0.4) is 0 Å². The summed E-state index contributed by atoms with van der Waals surface area (Å²) in [5.41, 5.74) is 4.77. The molecule has 0 saturated heterocycles. The van der Waals surface area contributed by atoms with Gasteiger partial charge in [-0.15, -0.1) is 0 Å². The summed E-state index contributed by atoms with van der Waals surface area (Å²) in [5.74, 6) is 0.974. The van der Waals surface area contributed by atoms with E-state index in [9.17, 15) is 9.90 Å². The summed E-state index contributed by atoms with van der Waals surface area (Å²) in [4.78, 5) is 11.7. The maximum absolute atomic E-state index is 11.7. The van der Waals surface area contributed by atoms with Gasteiger partial charge in [-0.2, -0.15) is 11.8 Å². The van der Waals surface area contributed by atoms with Gasteiger partial charge >= 0.3 is 5.97 Å². The summed E-state index contributed by atoms with van der Waals surface area (Å²) in [6, 6.07) is 0. The van der Waals surface area contributed by atoms with Gasteiger partial charge in [0, 0.05) is 18.1 Å². The molecule has 1 unspecified atom stereocenters. The lowest BCUT2D eigenvalue weighted by atomic mass is 9.97. The third kappa shape index (κ3) is 6.35. The van der Waals surface area contributed by atoms with E-state index < -0.39 is 11.5 Å². The Balaban J connectivity index is 3.99. The summed E-state index contributed by atoms with van der Waals surface area (Å²) in [6.07, 6.45) is -0.590. The van der Waals surface area contributed by atoms with Gasteiger partial charge in [-0.1, -0.05) is 0 Å². The van der Waals surface area contributed by atoms with Crippen molar-refractivity contribution in [3.8, 4) is 0 Å². The average Bonchev–Trinajstić information content (AvgIpc) is 2.16. The number of nitrogens with two attached hydrogens (primary N) is 1. The van der Waals surface area contributed by atoms with E-state index in [2.05, 4.69) is 0 Å². The molecule has 0 radical (unpaired) electrons. The number of aliphatic hydroxyl groups excluding tert-OH is 1. The highest BCUT2D eigenvalue weighted by atomic mass is 32.2. The minimum absolute atomic E-state index is 0.0913. The lowest BCUT2D eigenvalue weighted by Gasteiger charge is -2.23. The third-order valence-corrected chi connectivity index (χ3v) is 3.49. The van der Waals surface area contributed by atoms with Gasteiger partial charge in [0.05, 0.1) is 17.6 Å². The lowest BCUT2D eigenvalue weighted by Crippen LogP contribution is -2.32. The Kier molecular flexibility index (Phi) is 7.03. The largest absolute Gasteiger partial charge is 0.463 e. The number of hydrogen-bond donors (Lipinski definition) is 2. The number of carbonyl (C=O) groups excluding carboxylic acids is 1. The Morgan fingerprint density at radius 1 is 1.50 bits per heavy atom. The fraction of sp³-hybridized carbons (Fsp3) is 0.909. The van der Waals surface area contributed by atoms with Crippen molar-refractivity contribution in [1.29, 1.82) is 0 Å². The number of esters is 1. The summed E-state index contributed by atoms with van der Waals surface area (Å²) < 4.78 is 5.16.